The SMILES string of the molecule is CN(C)CC1(CNC(=O)c2cc(-c3ccc(F)cc3)on2)CCOCC1. The number of nitrogens with one attached hydrogen (secondary N) is 1. The van der Waals surface area contributed by atoms with Gasteiger partial charge in [-0.2, -0.15) is 0 Å². The van der Waals surface area contributed by atoms with Gasteiger partial charge < -0.3 is 19.5 Å². The van der Waals surface area contributed by atoms with Crippen molar-refractivity contribution in [2.75, 3.05) is 40.4 Å². The van der Waals surface area contributed by atoms with Gasteiger partial charge in [0.1, 0.15) is 5.82 Å². The van der Waals surface area contributed by atoms with Gasteiger partial charge in [-0.1, -0.05) is 5.16 Å². The summed E-state index contributed by atoms with van der Waals surface area (Å²) in [4.78, 5) is 14.6. The third kappa shape index (κ3) is 4.47. The van der Waals surface area contributed by atoms with E-state index in [2.05, 4.69) is 15.4 Å². The van der Waals surface area contributed by atoms with Crippen molar-refractivity contribution in [1.29, 1.82) is 0 Å². The Balaban J connectivity index is 1.65. The van der Waals surface area contributed by atoms with Crippen molar-refractivity contribution >= 4 is 5.91 Å². The number of hydrogen-bond acceptors (Lipinski definition) is 5. The van der Waals surface area contributed by atoms with E-state index in [1.54, 1.807) is 18.2 Å². The van der Waals surface area contributed by atoms with Gasteiger partial charge in [0.2, 0.25) is 0 Å². The molecule has 1 aromatic heterocycles. The van der Waals surface area contributed by atoms with Crippen LogP contribution in [0.4, 0.5) is 4.39 Å². The molecule has 3 rings (SSSR count). The lowest BCUT2D eigenvalue weighted by Gasteiger charge is -2.39. The second-order valence-electron chi connectivity index (χ2n) is 7.12. The van der Waals surface area contributed by atoms with Crippen LogP contribution in [0, 0.1) is 11.2 Å². The number of carbonyl (C=O) groups excluding carboxylic acids is 1. The first-order valence-corrected chi connectivity index (χ1v) is 8.71. The number of benzene rings is 1. The quantitative estimate of drug-likeness (QED) is 0.857. The predicted molar refractivity (Wildman–Crippen MR) is 95.3 cm³/mol. The normalized spacial score (nSPS) is 16.6. The number of rotatable bonds is 6. The first kappa shape index (κ1) is 18.5. The summed E-state index contributed by atoms with van der Waals surface area (Å²) >= 11 is 0. The topological polar surface area (TPSA) is 67.6 Å². The van der Waals surface area contributed by atoms with Crippen LogP contribution in [-0.4, -0.2) is 56.4 Å². The zero-order chi connectivity index (χ0) is 18.6. The lowest BCUT2D eigenvalue weighted by molar-refractivity contribution is 0.00281. The third-order valence-electron chi connectivity index (χ3n) is 4.70. The van der Waals surface area contributed by atoms with E-state index in [1.807, 2.05) is 14.1 Å². The molecule has 0 unspecified atom stereocenters. The Hall–Kier alpha value is -2.25. The van der Waals surface area contributed by atoms with Gasteiger partial charge in [-0.3, -0.25) is 4.79 Å². The molecule has 6 nitrogen and oxygen atoms in total. The number of carbonyl (C=O) groups is 1. The summed E-state index contributed by atoms with van der Waals surface area (Å²) < 4.78 is 23.7. The number of amides is 1. The Morgan fingerprint density at radius 2 is 1.96 bits per heavy atom. The molecule has 1 fully saturated rings. The highest BCUT2D eigenvalue weighted by atomic mass is 19.1. The number of ether oxygens (including phenoxy) is 1. The molecule has 0 radical (unpaired) electrons. The monoisotopic (exact) mass is 361 g/mol. The molecule has 1 aliphatic rings. The summed E-state index contributed by atoms with van der Waals surface area (Å²) in [6.07, 6.45) is 1.82. The van der Waals surface area contributed by atoms with Crippen LogP contribution < -0.4 is 5.32 Å². The van der Waals surface area contributed by atoms with Gasteiger partial charge >= 0.3 is 0 Å². The molecule has 1 saturated heterocycles. The molecule has 2 aromatic rings. The van der Waals surface area contributed by atoms with E-state index in [4.69, 9.17) is 9.26 Å². The van der Waals surface area contributed by atoms with Crippen LogP contribution in [-0.2, 0) is 4.74 Å². The van der Waals surface area contributed by atoms with Crippen LogP contribution in [0.2, 0.25) is 0 Å². The number of aromatic nitrogens is 1. The standard InChI is InChI=1S/C19H24FN3O3/c1-23(2)13-19(7-9-25-10-8-19)12-21-18(24)16-11-17(26-22-16)14-3-5-15(20)6-4-14/h3-6,11H,7-10,12-13H2,1-2H3,(H,21,24). The van der Waals surface area contributed by atoms with Crippen molar-refractivity contribution in [2.45, 2.75) is 12.8 Å². The lowest BCUT2D eigenvalue weighted by Crippen LogP contribution is -2.47. The summed E-state index contributed by atoms with van der Waals surface area (Å²) in [5.74, 6) is -0.162. The maximum absolute atomic E-state index is 13.0. The molecular formula is C19H24FN3O3. The van der Waals surface area contributed by atoms with E-state index in [-0.39, 0.29) is 22.8 Å². The average Bonchev–Trinajstić information content (AvgIpc) is 3.11. The van der Waals surface area contributed by atoms with Crippen LogP contribution in [0.3, 0.4) is 0 Å². The predicted octanol–water partition coefficient (Wildman–Crippen LogP) is 2.57. The summed E-state index contributed by atoms with van der Waals surface area (Å²) in [6.45, 7) is 2.87. The molecule has 140 valence electrons. The van der Waals surface area contributed by atoms with E-state index in [0.717, 1.165) is 19.4 Å². The molecule has 1 aliphatic heterocycles. The van der Waals surface area contributed by atoms with Gasteiger partial charge in [0.05, 0.1) is 0 Å². The highest BCUT2D eigenvalue weighted by Gasteiger charge is 2.33. The van der Waals surface area contributed by atoms with Crippen molar-refractivity contribution in [3.8, 4) is 11.3 Å². The number of halogens is 1. The molecule has 0 atom stereocenters. The first-order chi connectivity index (χ1) is 12.5. The lowest BCUT2D eigenvalue weighted by atomic mass is 9.79. The maximum Gasteiger partial charge on any atom is 0.273 e. The highest BCUT2D eigenvalue weighted by Crippen LogP contribution is 2.30. The molecule has 0 bridgehead atoms. The Morgan fingerprint density at radius 1 is 1.27 bits per heavy atom. The van der Waals surface area contributed by atoms with Gasteiger partial charge in [0.15, 0.2) is 11.5 Å². The van der Waals surface area contributed by atoms with Gasteiger partial charge in [0, 0.05) is 43.3 Å². The van der Waals surface area contributed by atoms with Crippen LogP contribution in [0.25, 0.3) is 11.3 Å². The molecule has 1 aromatic carbocycles. The van der Waals surface area contributed by atoms with Crippen molar-refractivity contribution in [1.82, 2.24) is 15.4 Å². The van der Waals surface area contributed by atoms with Crippen molar-refractivity contribution in [2.24, 2.45) is 5.41 Å². The molecular weight excluding hydrogens is 337 g/mol. The molecule has 7 heteroatoms. The Morgan fingerprint density at radius 3 is 2.62 bits per heavy atom. The van der Waals surface area contributed by atoms with E-state index >= 15 is 0 Å². The minimum absolute atomic E-state index is 0.000925. The molecule has 2 heterocycles. The Bertz CT molecular complexity index is 737. The van der Waals surface area contributed by atoms with E-state index in [0.29, 0.717) is 31.1 Å². The van der Waals surface area contributed by atoms with Gasteiger partial charge in [-0.25, -0.2) is 4.39 Å². The largest absolute Gasteiger partial charge is 0.381 e. The van der Waals surface area contributed by atoms with Gasteiger partial charge in [-0.05, 0) is 51.2 Å². The van der Waals surface area contributed by atoms with Crippen LogP contribution >= 0.6 is 0 Å². The minimum Gasteiger partial charge on any atom is -0.381 e. The van der Waals surface area contributed by atoms with E-state index < -0.39 is 0 Å². The Kier molecular flexibility index (Phi) is 5.68. The fourth-order valence-corrected chi connectivity index (χ4v) is 3.36. The molecule has 1 amide bonds. The highest BCUT2D eigenvalue weighted by molar-refractivity contribution is 5.93. The second-order valence-corrected chi connectivity index (χ2v) is 7.12. The van der Waals surface area contributed by atoms with Crippen molar-refractivity contribution in [3.05, 3.63) is 41.8 Å². The smallest absolute Gasteiger partial charge is 0.273 e. The number of nitrogens with zero attached hydrogens (tertiary/aromatic N) is 2. The molecule has 1 N–H and O–H groups in total. The Labute approximate surface area is 152 Å². The summed E-state index contributed by atoms with van der Waals surface area (Å²) in [7, 11) is 4.07. The maximum atomic E-state index is 13.0. The van der Waals surface area contributed by atoms with Gasteiger partial charge in [0.25, 0.3) is 5.91 Å². The van der Waals surface area contributed by atoms with Crippen molar-refractivity contribution < 1.29 is 18.4 Å². The summed E-state index contributed by atoms with van der Waals surface area (Å²) in [6, 6.07) is 7.43. The van der Waals surface area contributed by atoms with Gasteiger partial charge in [-0.15, -0.1) is 0 Å². The third-order valence-corrected chi connectivity index (χ3v) is 4.70. The fraction of sp³-hybridized carbons (Fsp3) is 0.474. The average molecular weight is 361 g/mol. The van der Waals surface area contributed by atoms with Crippen LogP contribution in [0.5, 0.6) is 0 Å². The zero-order valence-electron chi connectivity index (χ0n) is 15.1. The van der Waals surface area contributed by atoms with Crippen LogP contribution in [0.1, 0.15) is 23.3 Å². The molecule has 0 saturated carbocycles. The second kappa shape index (κ2) is 7.97. The van der Waals surface area contributed by atoms with Crippen molar-refractivity contribution in [3.63, 3.8) is 0 Å². The first-order valence-electron chi connectivity index (χ1n) is 8.71. The summed E-state index contributed by atoms with van der Waals surface area (Å²) in [5, 5.41) is 6.83. The number of hydrogen-bond donors (Lipinski definition) is 1. The fourth-order valence-electron chi connectivity index (χ4n) is 3.36. The molecule has 0 spiro atoms. The van der Waals surface area contributed by atoms with E-state index in [9.17, 15) is 9.18 Å². The minimum atomic E-state index is -0.325. The van der Waals surface area contributed by atoms with Crippen LogP contribution in [0.15, 0.2) is 34.9 Å². The zero-order valence-corrected chi connectivity index (χ0v) is 15.1. The molecule has 0 aliphatic carbocycles. The van der Waals surface area contributed by atoms with E-state index in [1.165, 1.54) is 12.1 Å². The molecule has 26 heavy (non-hydrogen) atoms. The summed E-state index contributed by atoms with van der Waals surface area (Å²) in [5.41, 5.74) is 0.892.